The normalized spacial score (nSPS) is 35.2. The summed E-state index contributed by atoms with van der Waals surface area (Å²) >= 11 is 0. The van der Waals surface area contributed by atoms with Crippen LogP contribution in [0.4, 0.5) is 0 Å². The summed E-state index contributed by atoms with van der Waals surface area (Å²) in [5.41, 5.74) is 1.36. The van der Waals surface area contributed by atoms with Crippen LogP contribution in [0.2, 0.25) is 0 Å². The summed E-state index contributed by atoms with van der Waals surface area (Å²) in [7, 11) is 0. The Morgan fingerprint density at radius 3 is 2.33 bits per heavy atom. The van der Waals surface area contributed by atoms with Gasteiger partial charge in [0.1, 0.15) is 6.10 Å². The highest BCUT2D eigenvalue weighted by molar-refractivity contribution is 5.76. The minimum atomic E-state index is -0.358. The smallest absolute Gasteiger partial charge is 0.309 e. The minimum absolute atomic E-state index is 0.0387. The third-order valence-electron chi connectivity index (χ3n) is 11.3. The van der Waals surface area contributed by atoms with Crippen molar-refractivity contribution in [3.63, 3.8) is 0 Å². The first-order chi connectivity index (χ1) is 23.4. The van der Waals surface area contributed by atoms with Crippen molar-refractivity contribution in [2.24, 2.45) is 11.8 Å². The fourth-order valence-electron chi connectivity index (χ4n) is 8.47. The molecule has 5 aliphatic rings. The van der Waals surface area contributed by atoms with Gasteiger partial charge in [-0.3, -0.25) is 9.59 Å². The maximum atomic E-state index is 13.3. The van der Waals surface area contributed by atoms with Gasteiger partial charge in [-0.2, -0.15) is 0 Å². The average Bonchev–Trinajstić information content (AvgIpc) is 3.09. The largest absolute Gasteiger partial charge is 0.457 e. The second-order valence-electron chi connectivity index (χ2n) is 15.3. The molecule has 1 amide bonds. The molecule has 0 N–H and O–H groups in total. The number of unbranched alkanes of at least 4 members (excludes halogenated alkanes) is 1. The number of amides is 1. The van der Waals surface area contributed by atoms with E-state index in [2.05, 4.69) is 54.9 Å². The van der Waals surface area contributed by atoms with E-state index in [1.807, 2.05) is 18.2 Å². The molecule has 0 saturated carbocycles. The fourth-order valence-corrected chi connectivity index (χ4v) is 8.47. The van der Waals surface area contributed by atoms with Gasteiger partial charge in [0, 0.05) is 37.9 Å². The molecule has 5 heterocycles. The molecule has 0 aromatic heterocycles. The quantitative estimate of drug-likeness (QED) is 0.119. The molecule has 7 heteroatoms. The lowest BCUT2D eigenvalue weighted by atomic mass is 9.90. The number of cyclic esters (lactones) is 1. The van der Waals surface area contributed by atoms with E-state index in [-0.39, 0.29) is 48.8 Å². The summed E-state index contributed by atoms with van der Waals surface area (Å²) in [6.45, 7) is 10.8. The Bertz CT molecular complexity index is 1130. The van der Waals surface area contributed by atoms with Crippen molar-refractivity contribution in [1.82, 2.24) is 9.80 Å². The molecule has 48 heavy (non-hydrogen) atoms. The van der Waals surface area contributed by atoms with E-state index in [1.165, 1.54) is 44.3 Å². The molecule has 268 valence electrons. The predicted molar refractivity (Wildman–Crippen MR) is 193 cm³/mol. The van der Waals surface area contributed by atoms with Gasteiger partial charge in [0.2, 0.25) is 5.91 Å². The van der Waals surface area contributed by atoms with Gasteiger partial charge >= 0.3 is 5.97 Å². The Labute approximate surface area is 291 Å². The number of carbonyl (C=O) groups excluding carboxylic acids is 2. The Hall–Kier alpha value is -2.22. The van der Waals surface area contributed by atoms with Crippen LogP contribution in [0, 0.1) is 11.8 Å². The summed E-state index contributed by atoms with van der Waals surface area (Å²) in [6, 6.07) is 0.669. The lowest BCUT2D eigenvalue weighted by Crippen LogP contribution is -2.48. The van der Waals surface area contributed by atoms with Crippen LogP contribution in [-0.2, 0) is 23.8 Å². The summed E-state index contributed by atoms with van der Waals surface area (Å²) in [5.74, 6) is 0.519. The highest BCUT2D eigenvalue weighted by Crippen LogP contribution is 2.33. The van der Waals surface area contributed by atoms with Crippen molar-refractivity contribution in [3.8, 4) is 0 Å². The van der Waals surface area contributed by atoms with Gasteiger partial charge in [0.15, 0.2) is 0 Å². The molecule has 4 fully saturated rings. The second-order valence-corrected chi connectivity index (χ2v) is 15.3. The standard InChI is InChI=1S/C41H64N2O5/c1-4-33-27-37-29-36-15-13-14-35(46-36)26-31(2)18-19-32(3)39(48-41(45)30-38(28-33)47-37)16-9-6-5-7-10-17-40(44)43-24-20-34(21-25-43)42-22-11-8-12-23-42/h4-6,9,16,18-19,31-32,34-39H,7-8,10-15,17,20-30H2,1-3H3/b6-5-,16-9+,19-18+,33-4-. The molecular weight excluding hydrogens is 600 g/mol. The van der Waals surface area contributed by atoms with Crippen molar-refractivity contribution >= 4 is 11.9 Å². The van der Waals surface area contributed by atoms with E-state index in [4.69, 9.17) is 14.2 Å². The average molecular weight is 665 g/mol. The van der Waals surface area contributed by atoms with Gasteiger partial charge < -0.3 is 24.0 Å². The van der Waals surface area contributed by atoms with Crippen LogP contribution >= 0.6 is 0 Å². The zero-order valence-corrected chi connectivity index (χ0v) is 30.2. The lowest BCUT2D eigenvalue weighted by Gasteiger charge is -2.40. The first-order valence-corrected chi connectivity index (χ1v) is 19.5. The number of fused-ring (bicyclic) bond motifs is 4. The third-order valence-corrected chi connectivity index (χ3v) is 11.3. The Morgan fingerprint density at radius 2 is 1.56 bits per heavy atom. The highest BCUT2D eigenvalue weighted by Gasteiger charge is 2.33. The summed E-state index contributed by atoms with van der Waals surface area (Å²) in [4.78, 5) is 30.9. The van der Waals surface area contributed by atoms with Gasteiger partial charge in [-0.05, 0) is 109 Å². The van der Waals surface area contributed by atoms with Crippen LogP contribution in [0.1, 0.15) is 124 Å². The SMILES string of the molecule is C/C=C1\CC2CC(=O)OC(/C=C/C=C\CCCC(=O)N3CCC(N4CCCCC4)CC3)C(C)/C=C/C(C)CC3CCCC(CC(C1)O2)O3. The molecule has 7 nitrogen and oxygen atoms in total. The van der Waals surface area contributed by atoms with E-state index in [1.54, 1.807) is 0 Å². The number of hydrogen-bond donors (Lipinski definition) is 0. The van der Waals surface area contributed by atoms with Gasteiger partial charge in [-0.15, -0.1) is 0 Å². The van der Waals surface area contributed by atoms with E-state index in [9.17, 15) is 9.59 Å². The van der Waals surface area contributed by atoms with Crippen LogP contribution in [0.5, 0.6) is 0 Å². The number of rotatable bonds is 7. The van der Waals surface area contributed by atoms with Crippen molar-refractivity contribution in [2.75, 3.05) is 26.2 Å². The number of likely N-dealkylation sites (tertiary alicyclic amines) is 2. The molecule has 0 aromatic carbocycles. The van der Waals surface area contributed by atoms with Crippen LogP contribution < -0.4 is 0 Å². The third kappa shape index (κ3) is 11.7. The van der Waals surface area contributed by atoms with E-state index in [0.29, 0.717) is 24.3 Å². The molecule has 4 bridgehead atoms. The highest BCUT2D eigenvalue weighted by atomic mass is 16.5. The van der Waals surface area contributed by atoms with E-state index in [0.717, 1.165) is 77.3 Å². The predicted octanol–water partition coefficient (Wildman–Crippen LogP) is 8.10. The number of allylic oxidation sites excluding steroid dienone is 5. The Kier molecular flexibility index (Phi) is 14.9. The maximum absolute atomic E-state index is 13.3. The molecule has 0 aromatic rings. The van der Waals surface area contributed by atoms with Crippen LogP contribution in [0.15, 0.2) is 48.1 Å². The molecule has 0 radical (unpaired) electrons. The molecule has 0 aliphatic carbocycles. The van der Waals surface area contributed by atoms with E-state index >= 15 is 0 Å². The minimum Gasteiger partial charge on any atom is -0.457 e. The van der Waals surface area contributed by atoms with E-state index < -0.39 is 0 Å². The fraction of sp³-hybridized carbons (Fsp3) is 0.756. The van der Waals surface area contributed by atoms with Gasteiger partial charge in [-0.1, -0.05) is 62.3 Å². The number of ether oxygens (including phenoxy) is 3. The van der Waals surface area contributed by atoms with Crippen molar-refractivity contribution in [2.45, 2.75) is 160 Å². The Morgan fingerprint density at radius 1 is 0.833 bits per heavy atom. The molecule has 7 atom stereocenters. The molecular formula is C41H64N2O5. The zero-order valence-electron chi connectivity index (χ0n) is 30.2. The van der Waals surface area contributed by atoms with Crippen LogP contribution in [0.3, 0.4) is 0 Å². The summed E-state index contributed by atoms with van der Waals surface area (Å²) in [6.07, 6.45) is 30.8. The first kappa shape index (κ1) is 37.0. The molecule has 5 rings (SSSR count). The summed E-state index contributed by atoms with van der Waals surface area (Å²) in [5, 5.41) is 0. The van der Waals surface area contributed by atoms with Crippen molar-refractivity contribution in [1.29, 1.82) is 0 Å². The number of esters is 1. The maximum Gasteiger partial charge on any atom is 0.309 e. The number of carbonyl (C=O) groups is 2. The lowest BCUT2D eigenvalue weighted by molar-refractivity contribution is -0.154. The first-order valence-electron chi connectivity index (χ1n) is 19.5. The molecule has 4 saturated heterocycles. The zero-order chi connectivity index (χ0) is 33.7. The van der Waals surface area contributed by atoms with Crippen LogP contribution in [0.25, 0.3) is 0 Å². The van der Waals surface area contributed by atoms with Crippen molar-refractivity contribution in [3.05, 3.63) is 48.1 Å². The van der Waals surface area contributed by atoms with Gasteiger partial charge in [0.05, 0.1) is 30.8 Å². The number of nitrogens with zero attached hydrogens (tertiary/aromatic N) is 2. The van der Waals surface area contributed by atoms with Gasteiger partial charge in [-0.25, -0.2) is 0 Å². The number of piperidine rings is 2. The van der Waals surface area contributed by atoms with Gasteiger partial charge in [0.25, 0.3) is 0 Å². The monoisotopic (exact) mass is 664 g/mol. The second kappa shape index (κ2) is 19.2. The number of hydrogen-bond acceptors (Lipinski definition) is 6. The van der Waals surface area contributed by atoms with Crippen LogP contribution in [-0.4, -0.2) is 84.4 Å². The topological polar surface area (TPSA) is 68.3 Å². The summed E-state index contributed by atoms with van der Waals surface area (Å²) < 4.78 is 19.2. The molecule has 5 aliphatic heterocycles. The Balaban J connectivity index is 1.11. The molecule has 0 spiro atoms. The van der Waals surface area contributed by atoms with Crippen molar-refractivity contribution < 1.29 is 23.8 Å². The molecule has 7 unspecified atom stereocenters.